The minimum absolute atomic E-state index is 0.101. The first-order valence-corrected chi connectivity index (χ1v) is 19.5. The first-order chi connectivity index (χ1) is 26.8. The van der Waals surface area contributed by atoms with Crippen molar-refractivity contribution in [2.24, 2.45) is 0 Å². The van der Waals surface area contributed by atoms with Crippen LogP contribution < -0.4 is 10.2 Å². The van der Waals surface area contributed by atoms with E-state index in [0.717, 1.165) is 60.3 Å². The summed E-state index contributed by atoms with van der Waals surface area (Å²) in [4.78, 5) is 58.8. The number of amides is 5. The lowest BCUT2D eigenvalue weighted by molar-refractivity contribution is -0.136. The number of nitrogens with zero attached hydrogens (tertiary/aromatic N) is 4. The number of hydrogen-bond acceptors (Lipinski definition) is 6. The van der Waals surface area contributed by atoms with E-state index in [-0.39, 0.29) is 30.0 Å². The van der Waals surface area contributed by atoms with Gasteiger partial charge in [0.15, 0.2) is 0 Å². The number of rotatable bonds is 7. The van der Waals surface area contributed by atoms with Crippen LogP contribution in [-0.4, -0.2) is 88.9 Å². The average Bonchev–Trinajstić information content (AvgIpc) is 3.55. The highest BCUT2D eigenvalue weighted by molar-refractivity contribution is 6.05. The molecule has 10 heteroatoms. The molecule has 5 amide bonds. The predicted octanol–water partition coefficient (Wildman–Crippen LogP) is 6.64. The van der Waals surface area contributed by atoms with Crippen molar-refractivity contribution in [3.63, 3.8) is 0 Å². The van der Waals surface area contributed by atoms with Crippen LogP contribution in [0.25, 0.3) is 11.1 Å². The number of carbonyl (C=O) groups excluding carboxylic acids is 4. The molecule has 282 valence electrons. The van der Waals surface area contributed by atoms with Crippen molar-refractivity contribution in [2.45, 2.75) is 57.5 Å². The maximum absolute atomic E-state index is 13.7. The Balaban J connectivity index is 0.869. The van der Waals surface area contributed by atoms with Crippen molar-refractivity contribution in [1.29, 1.82) is 0 Å². The maximum Gasteiger partial charge on any atom is 0.320 e. The molecular formula is C45H47N5O5. The Morgan fingerprint density at radius 1 is 0.745 bits per heavy atom. The van der Waals surface area contributed by atoms with Crippen LogP contribution in [0.3, 0.4) is 0 Å². The van der Waals surface area contributed by atoms with Gasteiger partial charge in [-0.3, -0.25) is 19.7 Å². The summed E-state index contributed by atoms with van der Waals surface area (Å²) in [7, 11) is 0. The second-order valence-electron chi connectivity index (χ2n) is 15.0. The third-order valence-corrected chi connectivity index (χ3v) is 11.8. The Kier molecular flexibility index (Phi) is 10.1. The number of hydrogen-bond donors (Lipinski definition) is 2. The van der Waals surface area contributed by atoms with Gasteiger partial charge >= 0.3 is 6.03 Å². The number of carbonyl (C=O) groups is 4. The summed E-state index contributed by atoms with van der Waals surface area (Å²) in [5, 5.41) is 12.4. The van der Waals surface area contributed by atoms with Gasteiger partial charge in [0.1, 0.15) is 11.8 Å². The Bertz CT molecular complexity index is 2120. The molecule has 0 bridgehead atoms. The molecule has 1 atom stereocenters. The fraction of sp³-hybridized carbons (Fsp3) is 0.333. The van der Waals surface area contributed by atoms with Crippen LogP contribution in [-0.2, 0) is 16.1 Å². The molecule has 4 aromatic carbocycles. The molecule has 8 rings (SSSR count). The number of likely N-dealkylation sites (tertiary alicyclic amines) is 1. The number of piperazine rings is 1. The van der Waals surface area contributed by atoms with Crippen molar-refractivity contribution in [3.05, 3.63) is 130 Å². The van der Waals surface area contributed by atoms with E-state index in [0.29, 0.717) is 50.6 Å². The van der Waals surface area contributed by atoms with E-state index in [4.69, 9.17) is 0 Å². The van der Waals surface area contributed by atoms with E-state index in [2.05, 4.69) is 71.7 Å². The van der Waals surface area contributed by atoms with Crippen molar-refractivity contribution < 1.29 is 24.3 Å². The van der Waals surface area contributed by atoms with Crippen molar-refractivity contribution in [3.8, 4) is 5.75 Å². The molecule has 4 heterocycles. The Hall–Kier alpha value is -5.90. The van der Waals surface area contributed by atoms with Gasteiger partial charge in [-0.05, 0) is 101 Å². The average molecular weight is 738 g/mol. The summed E-state index contributed by atoms with van der Waals surface area (Å²) >= 11 is 0. The number of imide groups is 1. The predicted molar refractivity (Wildman–Crippen MR) is 212 cm³/mol. The number of nitrogens with one attached hydrogen (secondary N) is 1. The van der Waals surface area contributed by atoms with E-state index in [1.807, 2.05) is 40.1 Å². The van der Waals surface area contributed by atoms with Gasteiger partial charge in [0.05, 0.1) is 0 Å². The minimum atomic E-state index is -0.620. The van der Waals surface area contributed by atoms with Gasteiger partial charge in [0.2, 0.25) is 11.8 Å². The number of phenols is 1. The summed E-state index contributed by atoms with van der Waals surface area (Å²) in [5.74, 6) is -0.309. The molecule has 2 N–H and O–H groups in total. The molecule has 0 unspecified atom stereocenters. The van der Waals surface area contributed by atoms with Crippen LogP contribution in [0.15, 0.2) is 97.1 Å². The molecule has 0 spiro atoms. The van der Waals surface area contributed by atoms with Crippen LogP contribution >= 0.6 is 0 Å². The van der Waals surface area contributed by atoms with E-state index >= 15 is 0 Å². The highest BCUT2D eigenvalue weighted by atomic mass is 16.3. The second kappa shape index (κ2) is 15.5. The fourth-order valence-corrected chi connectivity index (χ4v) is 8.76. The van der Waals surface area contributed by atoms with E-state index in [1.54, 1.807) is 17.0 Å². The standard InChI is InChI=1S/C45H47N5O5/c1-2-38(31-6-4-3-5-7-31)42(33-10-15-37(51)16-11-33)32-8-13-36(14-9-32)47-24-26-49(27-25-47)45(55)48-22-20-30(21-23-48)34-12-17-39-35(28-34)29-50(44(39)54)40-18-19-41(52)46-43(40)53/h3-17,28,30,40,51H,2,18-27,29H2,1H3,(H,46,52,53)/b42-38+/t40-/m0/s1. The van der Waals surface area contributed by atoms with Crippen molar-refractivity contribution >= 4 is 40.6 Å². The molecule has 4 aliphatic rings. The van der Waals surface area contributed by atoms with Gasteiger partial charge in [-0.25, -0.2) is 4.79 Å². The molecule has 0 radical (unpaired) electrons. The molecule has 0 aromatic heterocycles. The molecule has 55 heavy (non-hydrogen) atoms. The van der Waals surface area contributed by atoms with Crippen LogP contribution in [0.5, 0.6) is 5.75 Å². The number of piperidine rings is 2. The zero-order chi connectivity index (χ0) is 38.1. The Morgan fingerprint density at radius 3 is 2.05 bits per heavy atom. The van der Waals surface area contributed by atoms with Crippen molar-refractivity contribution in [2.75, 3.05) is 44.2 Å². The van der Waals surface area contributed by atoms with E-state index < -0.39 is 11.9 Å². The second-order valence-corrected chi connectivity index (χ2v) is 15.0. The van der Waals surface area contributed by atoms with Gasteiger partial charge in [0, 0.05) is 63.5 Å². The maximum atomic E-state index is 13.7. The molecule has 4 aromatic rings. The Morgan fingerprint density at radius 2 is 1.40 bits per heavy atom. The lowest BCUT2D eigenvalue weighted by Crippen LogP contribution is -2.54. The Labute approximate surface area is 322 Å². The van der Waals surface area contributed by atoms with Crippen LogP contribution in [0, 0.1) is 0 Å². The minimum Gasteiger partial charge on any atom is -0.508 e. The lowest BCUT2D eigenvalue weighted by atomic mass is 9.88. The zero-order valence-corrected chi connectivity index (χ0v) is 31.2. The van der Waals surface area contributed by atoms with E-state index in [9.17, 15) is 24.3 Å². The lowest BCUT2D eigenvalue weighted by Gasteiger charge is -2.40. The van der Waals surface area contributed by atoms with Crippen LogP contribution in [0.4, 0.5) is 10.5 Å². The summed E-state index contributed by atoms with van der Waals surface area (Å²) in [6.07, 6.45) is 3.15. The summed E-state index contributed by atoms with van der Waals surface area (Å²) < 4.78 is 0. The molecule has 3 saturated heterocycles. The van der Waals surface area contributed by atoms with Crippen molar-refractivity contribution in [1.82, 2.24) is 20.0 Å². The van der Waals surface area contributed by atoms with Gasteiger partial charge in [-0.1, -0.05) is 73.7 Å². The largest absolute Gasteiger partial charge is 0.508 e. The molecule has 3 fully saturated rings. The molecule has 0 saturated carbocycles. The third kappa shape index (κ3) is 7.33. The summed E-state index contributed by atoms with van der Waals surface area (Å²) in [6.45, 7) is 6.76. The smallest absolute Gasteiger partial charge is 0.320 e. The number of benzene rings is 4. The normalized spacial score (nSPS) is 19.7. The number of anilines is 1. The molecule has 10 nitrogen and oxygen atoms in total. The van der Waals surface area contributed by atoms with E-state index in [1.165, 1.54) is 16.7 Å². The first-order valence-electron chi connectivity index (χ1n) is 19.5. The number of allylic oxidation sites excluding steroid dienone is 1. The monoisotopic (exact) mass is 737 g/mol. The number of fused-ring (bicyclic) bond motifs is 1. The number of phenolic OH excluding ortho intramolecular Hbond substituents is 1. The summed E-state index contributed by atoms with van der Waals surface area (Å²) in [5.41, 5.74) is 9.61. The molecule has 4 aliphatic heterocycles. The quantitative estimate of drug-likeness (QED) is 0.163. The van der Waals surface area contributed by atoms with Crippen LogP contribution in [0.1, 0.15) is 83.1 Å². The fourth-order valence-electron chi connectivity index (χ4n) is 8.76. The van der Waals surface area contributed by atoms with Gasteiger partial charge in [-0.15, -0.1) is 0 Å². The topological polar surface area (TPSA) is 114 Å². The molecule has 0 aliphatic carbocycles. The third-order valence-electron chi connectivity index (χ3n) is 11.8. The highest BCUT2D eigenvalue weighted by Gasteiger charge is 2.39. The summed E-state index contributed by atoms with van der Waals surface area (Å²) in [6, 6.07) is 32.1. The molecular weight excluding hydrogens is 691 g/mol. The zero-order valence-electron chi connectivity index (χ0n) is 31.2. The number of urea groups is 1. The first kappa shape index (κ1) is 36.1. The highest BCUT2D eigenvalue weighted by Crippen LogP contribution is 2.37. The number of aromatic hydroxyl groups is 1. The van der Waals surface area contributed by atoms with Gasteiger partial charge in [-0.2, -0.15) is 0 Å². The van der Waals surface area contributed by atoms with Gasteiger partial charge in [0.25, 0.3) is 5.91 Å². The van der Waals surface area contributed by atoms with Crippen LogP contribution in [0.2, 0.25) is 0 Å². The SMILES string of the molecule is CC/C(=C(\c1ccc(O)cc1)c1ccc(N2CCN(C(=O)N3CCC(c4ccc5c(c4)CN([C@H]4CCC(=O)NC4=O)C5=O)CC3)CC2)cc1)c1ccccc1. The van der Waals surface area contributed by atoms with Gasteiger partial charge < -0.3 is 24.7 Å².